The molecule has 0 aliphatic heterocycles. The third-order valence-corrected chi connectivity index (χ3v) is 3.66. The molecular formula is C15H19BrN4. The molecule has 2 heterocycles. The van der Waals surface area contributed by atoms with E-state index in [-0.39, 0.29) is 6.04 Å². The summed E-state index contributed by atoms with van der Waals surface area (Å²) in [5.41, 5.74) is 9.12. The van der Waals surface area contributed by atoms with Gasteiger partial charge in [0.25, 0.3) is 0 Å². The monoisotopic (exact) mass is 334 g/mol. The van der Waals surface area contributed by atoms with E-state index in [1.807, 2.05) is 31.3 Å². The van der Waals surface area contributed by atoms with Crippen molar-refractivity contribution in [1.82, 2.24) is 14.9 Å². The molecule has 2 aromatic rings. The topological polar surface area (TPSA) is 55.0 Å². The van der Waals surface area contributed by atoms with E-state index in [0.29, 0.717) is 6.54 Å². The summed E-state index contributed by atoms with van der Waals surface area (Å²) in [5.74, 6) is 0. The van der Waals surface area contributed by atoms with Crippen molar-refractivity contribution in [3.8, 4) is 0 Å². The van der Waals surface area contributed by atoms with Crippen LogP contribution in [0.2, 0.25) is 0 Å². The van der Waals surface area contributed by atoms with Crippen molar-refractivity contribution in [2.75, 3.05) is 13.6 Å². The number of pyridine rings is 2. The molecular weight excluding hydrogens is 316 g/mol. The van der Waals surface area contributed by atoms with Gasteiger partial charge in [0.05, 0.1) is 5.69 Å². The summed E-state index contributed by atoms with van der Waals surface area (Å²) in [7, 11) is 2.06. The minimum Gasteiger partial charge on any atom is -0.329 e. The third kappa shape index (κ3) is 3.85. The minimum absolute atomic E-state index is 0.127. The number of nitrogens with zero attached hydrogens (tertiary/aromatic N) is 3. The summed E-state index contributed by atoms with van der Waals surface area (Å²) in [6.07, 6.45) is 3.64. The molecule has 20 heavy (non-hydrogen) atoms. The Labute approximate surface area is 128 Å². The molecule has 0 fully saturated rings. The average Bonchev–Trinajstić information content (AvgIpc) is 2.39. The van der Waals surface area contributed by atoms with Gasteiger partial charge in [-0.3, -0.25) is 14.9 Å². The van der Waals surface area contributed by atoms with E-state index in [0.717, 1.165) is 28.0 Å². The van der Waals surface area contributed by atoms with Gasteiger partial charge in [0, 0.05) is 41.7 Å². The molecule has 0 spiro atoms. The number of nitrogens with two attached hydrogens (primary N) is 1. The fourth-order valence-corrected chi connectivity index (χ4v) is 2.62. The molecule has 0 saturated heterocycles. The van der Waals surface area contributed by atoms with Crippen LogP contribution >= 0.6 is 15.9 Å². The zero-order valence-electron chi connectivity index (χ0n) is 11.8. The average molecular weight is 335 g/mol. The maximum absolute atomic E-state index is 5.93. The highest BCUT2D eigenvalue weighted by molar-refractivity contribution is 9.10. The van der Waals surface area contributed by atoms with Gasteiger partial charge in [-0.15, -0.1) is 0 Å². The fourth-order valence-electron chi connectivity index (χ4n) is 2.23. The molecule has 0 bridgehead atoms. The van der Waals surface area contributed by atoms with Gasteiger partial charge in [-0.1, -0.05) is 6.07 Å². The van der Waals surface area contributed by atoms with Crippen molar-refractivity contribution in [3.05, 3.63) is 58.1 Å². The van der Waals surface area contributed by atoms with Gasteiger partial charge in [0.1, 0.15) is 0 Å². The first-order valence-electron chi connectivity index (χ1n) is 6.53. The third-order valence-electron chi connectivity index (χ3n) is 3.22. The molecule has 106 valence electrons. The van der Waals surface area contributed by atoms with E-state index in [4.69, 9.17) is 5.73 Å². The fraction of sp³-hybridized carbons (Fsp3) is 0.333. The maximum Gasteiger partial charge on any atom is 0.0547 e. The van der Waals surface area contributed by atoms with Crippen molar-refractivity contribution in [3.63, 3.8) is 0 Å². The molecule has 1 atom stereocenters. The van der Waals surface area contributed by atoms with Crippen LogP contribution in [0.1, 0.15) is 23.0 Å². The van der Waals surface area contributed by atoms with Crippen molar-refractivity contribution in [1.29, 1.82) is 0 Å². The Balaban J connectivity index is 2.15. The molecule has 2 rings (SSSR count). The van der Waals surface area contributed by atoms with Gasteiger partial charge in [-0.25, -0.2) is 0 Å². The zero-order chi connectivity index (χ0) is 14.5. The number of rotatable bonds is 5. The first kappa shape index (κ1) is 15.1. The van der Waals surface area contributed by atoms with Gasteiger partial charge < -0.3 is 5.73 Å². The highest BCUT2D eigenvalue weighted by Crippen LogP contribution is 2.22. The van der Waals surface area contributed by atoms with Crippen molar-refractivity contribution < 1.29 is 0 Å². The number of aromatic nitrogens is 2. The van der Waals surface area contributed by atoms with Crippen LogP contribution < -0.4 is 5.73 Å². The molecule has 0 aliphatic carbocycles. The van der Waals surface area contributed by atoms with E-state index >= 15 is 0 Å². The largest absolute Gasteiger partial charge is 0.329 e. The Morgan fingerprint density at radius 3 is 2.80 bits per heavy atom. The summed E-state index contributed by atoms with van der Waals surface area (Å²) in [6.45, 7) is 3.30. The Hall–Kier alpha value is -1.30. The number of likely N-dealkylation sites (N-methyl/N-ethyl adjacent to an activating group) is 1. The molecule has 0 radical (unpaired) electrons. The second-order valence-electron chi connectivity index (χ2n) is 4.87. The Morgan fingerprint density at radius 1 is 1.35 bits per heavy atom. The second-order valence-corrected chi connectivity index (χ2v) is 5.79. The van der Waals surface area contributed by atoms with Crippen molar-refractivity contribution >= 4 is 15.9 Å². The first-order chi connectivity index (χ1) is 9.60. The van der Waals surface area contributed by atoms with Crippen LogP contribution in [-0.2, 0) is 6.54 Å². The predicted molar refractivity (Wildman–Crippen MR) is 84.2 cm³/mol. The van der Waals surface area contributed by atoms with Crippen LogP contribution in [-0.4, -0.2) is 28.5 Å². The molecule has 2 aromatic heterocycles. The lowest BCUT2D eigenvalue weighted by molar-refractivity contribution is 0.238. The Bertz CT molecular complexity index is 573. The number of halogens is 1. The summed E-state index contributed by atoms with van der Waals surface area (Å²) < 4.78 is 0.968. The number of hydrogen-bond acceptors (Lipinski definition) is 4. The minimum atomic E-state index is 0.127. The van der Waals surface area contributed by atoms with Gasteiger partial charge in [-0.05, 0) is 53.7 Å². The van der Waals surface area contributed by atoms with Gasteiger partial charge in [0.2, 0.25) is 0 Å². The molecule has 0 aliphatic rings. The van der Waals surface area contributed by atoms with Crippen LogP contribution in [0.3, 0.4) is 0 Å². The quantitative estimate of drug-likeness (QED) is 0.913. The number of hydrogen-bond donors (Lipinski definition) is 1. The highest BCUT2D eigenvalue weighted by Gasteiger charge is 2.16. The smallest absolute Gasteiger partial charge is 0.0547 e. The standard InChI is InChI=1S/C15H19BrN4/c1-11-4-3-5-14(19-11)10-20(2)15(7-17)12-6-13(16)9-18-8-12/h3-6,8-9,15H,7,10,17H2,1-2H3. The second kappa shape index (κ2) is 6.92. The SMILES string of the molecule is Cc1cccc(CN(C)C(CN)c2cncc(Br)c2)n1. The zero-order valence-corrected chi connectivity index (χ0v) is 13.3. The van der Waals surface area contributed by atoms with Crippen molar-refractivity contribution in [2.24, 2.45) is 5.73 Å². The normalized spacial score (nSPS) is 12.7. The van der Waals surface area contributed by atoms with E-state index in [9.17, 15) is 0 Å². The van der Waals surface area contributed by atoms with Crippen LogP contribution in [0.5, 0.6) is 0 Å². The number of aryl methyl sites for hydroxylation is 1. The summed E-state index contributed by atoms with van der Waals surface area (Å²) in [5, 5.41) is 0. The lowest BCUT2D eigenvalue weighted by Crippen LogP contribution is -2.30. The predicted octanol–water partition coefficient (Wildman–Crippen LogP) is 2.68. The molecule has 2 N–H and O–H groups in total. The van der Waals surface area contributed by atoms with E-state index in [1.165, 1.54) is 0 Å². The summed E-state index contributed by atoms with van der Waals surface area (Å²) in [4.78, 5) is 10.9. The Kier molecular flexibility index (Phi) is 5.23. The van der Waals surface area contributed by atoms with Gasteiger partial charge >= 0.3 is 0 Å². The van der Waals surface area contributed by atoms with Gasteiger partial charge in [-0.2, -0.15) is 0 Å². The molecule has 5 heteroatoms. The van der Waals surface area contributed by atoms with Crippen LogP contribution in [0, 0.1) is 6.92 Å². The molecule has 0 saturated carbocycles. The Morgan fingerprint density at radius 2 is 2.15 bits per heavy atom. The molecule has 1 unspecified atom stereocenters. The van der Waals surface area contributed by atoms with Crippen LogP contribution in [0.4, 0.5) is 0 Å². The molecule has 4 nitrogen and oxygen atoms in total. The van der Waals surface area contributed by atoms with Crippen LogP contribution in [0.15, 0.2) is 41.1 Å². The van der Waals surface area contributed by atoms with Crippen molar-refractivity contribution in [2.45, 2.75) is 19.5 Å². The maximum atomic E-state index is 5.93. The first-order valence-corrected chi connectivity index (χ1v) is 7.32. The van der Waals surface area contributed by atoms with E-state index in [1.54, 1.807) is 6.20 Å². The van der Waals surface area contributed by atoms with E-state index in [2.05, 4.69) is 43.9 Å². The summed E-state index contributed by atoms with van der Waals surface area (Å²) >= 11 is 3.45. The van der Waals surface area contributed by atoms with Gasteiger partial charge in [0.15, 0.2) is 0 Å². The lowest BCUT2D eigenvalue weighted by Gasteiger charge is -2.27. The van der Waals surface area contributed by atoms with Crippen LogP contribution in [0.25, 0.3) is 0 Å². The lowest BCUT2D eigenvalue weighted by atomic mass is 10.1. The van der Waals surface area contributed by atoms with E-state index < -0.39 is 0 Å². The summed E-state index contributed by atoms with van der Waals surface area (Å²) in [6, 6.07) is 8.26. The molecule has 0 amide bonds. The highest BCUT2D eigenvalue weighted by atomic mass is 79.9. The molecule has 0 aromatic carbocycles.